The zero-order chi connectivity index (χ0) is 15.2. The van der Waals surface area contributed by atoms with E-state index in [2.05, 4.69) is 5.32 Å². The quantitative estimate of drug-likeness (QED) is 0.853. The topological polar surface area (TPSA) is 44.8 Å². The summed E-state index contributed by atoms with van der Waals surface area (Å²) in [5.41, 5.74) is 0. The molecule has 21 heavy (non-hydrogen) atoms. The first-order valence-electron chi connectivity index (χ1n) is 7.03. The molecule has 0 bridgehead atoms. The lowest BCUT2D eigenvalue weighted by Gasteiger charge is -2.28. The molecule has 1 aromatic heterocycles. The molecule has 1 aliphatic heterocycles. The number of rotatable bonds is 6. The third-order valence-corrected chi connectivity index (χ3v) is 4.59. The monoisotopic (exact) mass is 331 g/mol. The molecule has 1 unspecified atom stereocenters. The van der Waals surface area contributed by atoms with Crippen LogP contribution in [0.3, 0.4) is 0 Å². The maximum absolute atomic E-state index is 12.2. The van der Waals surface area contributed by atoms with E-state index in [1.807, 2.05) is 31.1 Å². The Bertz CT molecular complexity index is 463. The smallest absolute Gasteiger partial charge is 0.236 e. The zero-order valence-corrected chi connectivity index (χ0v) is 14.0. The van der Waals surface area contributed by atoms with Crippen LogP contribution in [0.4, 0.5) is 0 Å². The number of likely N-dealkylation sites (N-methyl/N-ethyl adjacent to an activating group) is 2. The molecule has 1 atom stereocenters. The van der Waals surface area contributed by atoms with Crippen LogP contribution in [0.1, 0.15) is 4.88 Å². The van der Waals surface area contributed by atoms with Gasteiger partial charge in [-0.3, -0.25) is 9.69 Å². The van der Waals surface area contributed by atoms with Crippen molar-refractivity contribution in [3.63, 3.8) is 0 Å². The van der Waals surface area contributed by atoms with Gasteiger partial charge in [0.2, 0.25) is 5.91 Å². The van der Waals surface area contributed by atoms with Gasteiger partial charge in [0.15, 0.2) is 0 Å². The van der Waals surface area contributed by atoms with E-state index < -0.39 is 0 Å². The summed E-state index contributed by atoms with van der Waals surface area (Å²) in [6, 6.07) is 3.82. The van der Waals surface area contributed by atoms with Crippen LogP contribution in [0.2, 0.25) is 4.34 Å². The molecule has 118 valence electrons. The molecule has 1 saturated heterocycles. The van der Waals surface area contributed by atoms with Crippen LogP contribution in [-0.2, 0) is 16.1 Å². The molecule has 1 aliphatic rings. The molecule has 2 heterocycles. The Hall–Kier alpha value is -0.660. The highest BCUT2D eigenvalue weighted by molar-refractivity contribution is 7.16. The van der Waals surface area contributed by atoms with Crippen LogP contribution in [0.15, 0.2) is 12.1 Å². The summed E-state index contributed by atoms with van der Waals surface area (Å²) < 4.78 is 6.40. The Balaban J connectivity index is 1.74. The minimum atomic E-state index is 0.103. The molecule has 7 heteroatoms. The Morgan fingerprint density at radius 2 is 2.33 bits per heavy atom. The normalized spacial score (nSPS) is 19.0. The lowest BCUT2D eigenvalue weighted by molar-refractivity contribution is -0.131. The number of carbonyl (C=O) groups excluding carboxylic acids is 1. The third-order valence-electron chi connectivity index (χ3n) is 3.37. The number of amides is 1. The number of hydrogen-bond donors (Lipinski definition) is 1. The van der Waals surface area contributed by atoms with Crippen molar-refractivity contribution in [3.05, 3.63) is 21.3 Å². The highest BCUT2D eigenvalue weighted by Gasteiger charge is 2.18. The molecule has 0 saturated carbocycles. The lowest BCUT2D eigenvalue weighted by atomic mass is 10.3. The van der Waals surface area contributed by atoms with Gasteiger partial charge in [-0.05, 0) is 19.2 Å². The van der Waals surface area contributed by atoms with Gasteiger partial charge in [0, 0.05) is 31.6 Å². The number of hydrogen-bond acceptors (Lipinski definition) is 5. The Labute approximate surface area is 134 Å². The van der Waals surface area contributed by atoms with E-state index in [1.54, 1.807) is 4.90 Å². The molecule has 1 N–H and O–H groups in total. The molecular formula is C14H22ClN3O2S. The van der Waals surface area contributed by atoms with Gasteiger partial charge < -0.3 is 15.0 Å². The summed E-state index contributed by atoms with van der Waals surface area (Å²) in [6.45, 7) is 4.26. The molecule has 0 aliphatic carbocycles. The first-order valence-corrected chi connectivity index (χ1v) is 8.23. The second-order valence-electron chi connectivity index (χ2n) is 5.35. The van der Waals surface area contributed by atoms with Gasteiger partial charge in [0.05, 0.1) is 30.1 Å². The number of nitrogens with one attached hydrogen (secondary N) is 1. The number of carbonyl (C=O) groups is 1. The number of ether oxygens (including phenoxy) is 1. The van der Waals surface area contributed by atoms with E-state index in [0.29, 0.717) is 13.1 Å². The van der Waals surface area contributed by atoms with Gasteiger partial charge in [-0.1, -0.05) is 11.6 Å². The average molecular weight is 332 g/mol. The number of morpholine rings is 1. The van der Waals surface area contributed by atoms with E-state index in [-0.39, 0.29) is 12.0 Å². The molecule has 0 spiro atoms. The summed E-state index contributed by atoms with van der Waals surface area (Å²) in [7, 11) is 3.77. The van der Waals surface area contributed by atoms with Crippen LogP contribution in [0, 0.1) is 0 Å². The van der Waals surface area contributed by atoms with Crippen LogP contribution >= 0.6 is 22.9 Å². The molecule has 2 rings (SSSR count). The summed E-state index contributed by atoms with van der Waals surface area (Å²) in [6.07, 6.45) is 0.165. The van der Waals surface area contributed by atoms with Gasteiger partial charge >= 0.3 is 0 Å². The first-order chi connectivity index (χ1) is 10.0. The van der Waals surface area contributed by atoms with Crippen molar-refractivity contribution in [2.45, 2.75) is 12.6 Å². The molecule has 1 fully saturated rings. The summed E-state index contributed by atoms with van der Waals surface area (Å²) in [5, 5.41) is 3.29. The van der Waals surface area contributed by atoms with Gasteiger partial charge in [-0.2, -0.15) is 0 Å². The van der Waals surface area contributed by atoms with Crippen LogP contribution in [0.5, 0.6) is 0 Å². The Morgan fingerprint density at radius 1 is 1.52 bits per heavy atom. The van der Waals surface area contributed by atoms with E-state index in [0.717, 1.165) is 35.5 Å². The van der Waals surface area contributed by atoms with Gasteiger partial charge in [0.25, 0.3) is 0 Å². The number of thiophene rings is 1. The summed E-state index contributed by atoms with van der Waals surface area (Å²) >= 11 is 7.41. The number of nitrogens with zero attached hydrogens (tertiary/aromatic N) is 2. The largest absolute Gasteiger partial charge is 0.374 e. The second-order valence-corrected chi connectivity index (χ2v) is 7.15. The fourth-order valence-electron chi connectivity index (χ4n) is 2.26. The highest BCUT2D eigenvalue weighted by atomic mass is 35.5. The Kier molecular flexibility index (Phi) is 6.44. The SMILES string of the molecule is CN(CC(=O)N(C)Cc1ccc(Cl)s1)CC1CNCCO1. The maximum atomic E-state index is 12.2. The molecule has 0 aromatic carbocycles. The van der Waals surface area contributed by atoms with Gasteiger partial charge in [-0.25, -0.2) is 0 Å². The van der Waals surface area contributed by atoms with E-state index in [9.17, 15) is 4.79 Å². The average Bonchev–Trinajstić information content (AvgIpc) is 2.85. The third kappa shape index (κ3) is 5.56. The second kappa shape index (κ2) is 8.10. The van der Waals surface area contributed by atoms with E-state index >= 15 is 0 Å². The first kappa shape index (κ1) is 16.7. The minimum Gasteiger partial charge on any atom is -0.374 e. The highest BCUT2D eigenvalue weighted by Crippen LogP contribution is 2.22. The fourth-order valence-corrected chi connectivity index (χ4v) is 3.40. The summed E-state index contributed by atoms with van der Waals surface area (Å²) in [4.78, 5) is 17.0. The van der Waals surface area contributed by atoms with Crippen molar-refractivity contribution in [2.75, 3.05) is 46.9 Å². The molecule has 1 aromatic rings. The predicted octanol–water partition coefficient (Wildman–Crippen LogP) is 1.28. The van der Waals surface area contributed by atoms with E-state index in [1.165, 1.54) is 11.3 Å². The van der Waals surface area contributed by atoms with Crippen molar-refractivity contribution in [1.82, 2.24) is 15.1 Å². The van der Waals surface area contributed by atoms with Crippen LogP contribution in [0.25, 0.3) is 0 Å². The van der Waals surface area contributed by atoms with Crippen LogP contribution < -0.4 is 5.32 Å². The van der Waals surface area contributed by atoms with Crippen molar-refractivity contribution in [3.8, 4) is 0 Å². The lowest BCUT2D eigenvalue weighted by Crippen LogP contribution is -2.46. The standard InChI is InChI=1S/C14H22ClN3O2S/c1-17(8-11-7-16-5-6-20-11)10-14(19)18(2)9-12-3-4-13(15)21-12/h3-4,11,16H,5-10H2,1-2H3. The molecule has 5 nitrogen and oxygen atoms in total. The predicted molar refractivity (Wildman–Crippen MR) is 85.9 cm³/mol. The van der Waals surface area contributed by atoms with Crippen LogP contribution in [-0.4, -0.2) is 68.7 Å². The number of halogens is 1. The summed E-state index contributed by atoms with van der Waals surface area (Å²) in [5.74, 6) is 0.103. The molecular weight excluding hydrogens is 310 g/mol. The van der Waals surface area contributed by atoms with Crippen molar-refractivity contribution < 1.29 is 9.53 Å². The molecule has 0 radical (unpaired) electrons. The fraction of sp³-hybridized carbons (Fsp3) is 0.643. The van der Waals surface area contributed by atoms with Crippen molar-refractivity contribution in [1.29, 1.82) is 0 Å². The van der Waals surface area contributed by atoms with Crippen molar-refractivity contribution in [2.24, 2.45) is 0 Å². The van der Waals surface area contributed by atoms with Gasteiger partial charge in [0.1, 0.15) is 0 Å². The van der Waals surface area contributed by atoms with Crippen molar-refractivity contribution >= 4 is 28.8 Å². The Morgan fingerprint density at radius 3 is 2.95 bits per heavy atom. The van der Waals surface area contributed by atoms with E-state index in [4.69, 9.17) is 16.3 Å². The maximum Gasteiger partial charge on any atom is 0.236 e. The minimum absolute atomic E-state index is 0.103. The van der Waals surface area contributed by atoms with Gasteiger partial charge in [-0.15, -0.1) is 11.3 Å². The molecule has 1 amide bonds. The zero-order valence-electron chi connectivity index (χ0n) is 12.5.